The van der Waals surface area contributed by atoms with Gasteiger partial charge in [0.05, 0.1) is 0 Å². The van der Waals surface area contributed by atoms with Gasteiger partial charge in [0.2, 0.25) is 5.91 Å². The Bertz CT molecular complexity index is 418. The van der Waals surface area contributed by atoms with Crippen molar-refractivity contribution in [3.05, 3.63) is 29.3 Å². The first-order chi connectivity index (χ1) is 9.18. The van der Waals surface area contributed by atoms with Crippen LogP contribution in [-0.2, 0) is 11.2 Å². The van der Waals surface area contributed by atoms with E-state index in [-0.39, 0.29) is 5.91 Å². The van der Waals surface area contributed by atoms with Crippen molar-refractivity contribution in [2.75, 3.05) is 26.2 Å². The predicted octanol–water partition coefficient (Wildman–Crippen LogP) is 1.46. The number of amides is 1. The van der Waals surface area contributed by atoms with Crippen LogP contribution in [-0.4, -0.2) is 42.1 Å². The summed E-state index contributed by atoms with van der Waals surface area (Å²) in [5, 5.41) is 13.1. The minimum Gasteiger partial charge on any atom is -0.508 e. The van der Waals surface area contributed by atoms with E-state index in [9.17, 15) is 9.90 Å². The second kappa shape index (κ2) is 6.57. The van der Waals surface area contributed by atoms with Crippen LogP contribution in [0.2, 0.25) is 0 Å². The van der Waals surface area contributed by atoms with E-state index in [4.69, 9.17) is 0 Å². The van der Waals surface area contributed by atoms with Gasteiger partial charge in [0.1, 0.15) is 5.75 Å². The van der Waals surface area contributed by atoms with Crippen LogP contribution in [0.25, 0.3) is 0 Å². The van der Waals surface area contributed by atoms with Crippen molar-refractivity contribution in [3.63, 3.8) is 0 Å². The van der Waals surface area contributed by atoms with Crippen molar-refractivity contribution >= 4 is 5.91 Å². The van der Waals surface area contributed by atoms with Gasteiger partial charge in [-0.1, -0.05) is 12.1 Å². The highest BCUT2D eigenvalue weighted by Crippen LogP contribution is 2.22. The third kappa shape index (κ3) is 3.70. The molecule has 0 unspecified atom stereocenters. The van der Waals surface area contributed by atoms with Crippen molar-refractivity contribution in [2.45, 2.75) is 26.2 Å². The molecule has 0 spiro atoms. The monoisotopic (exact) mass is 262 g/mol. The Morgan fingerprint density at radius 2 is 2.21 bits per heavy atom. The predicted molar refractivity (Wildman–Crippen MR) is 75.2 cm³/mol. The molecule has 4 heteroatoms. The summed E-state index contributed by atoms with van der Waals surface area (Å²) in [6.45, 7) is 5.46. The van der Waals surface area contributed by atoms with Crippen molar-refractivity contribution in [3.8, 4) is 5.75 Å². The lowest BCUT2D eigenvalue weighted by Crippen LogP contribution is -2.34. The van der Waals surface area contributed by atoms with Crippen LogP contribution in [0.3, 0.4) is 0 Å². The summed E-state index contributed by atoms with van der Waals surface area (Å²) in [5.41, 5.74) is 1.94. The van der Waals surface area contributed by atoms with Gasteiger partial charge in [0, 0.05) is 26.1 Å². The standard InChI is InChI=1S/C15H22N2O2/c1-12-4-2-5-14(18)13(12)6-7-15(19)17-10-3-8-16-9-11-17/h2,4-5,16,18H,3,6-11H2,1H3. The zero-order chi connectivity index (χ0) is 13.7. The molecule has 0 aliphatic carbocycles. The summed E-state index contributed by atoms with van der Waals surface area (Å²) in [4.78, 5) is 14.1. The Kier molecular flexibility index (Phi) is 4.80. The first kappa shape index (κ1) is 13.9. The van der Waals surface area contributed by atoms with Gasteiger partial charge < -0.3 is 15.3 Å². The first-order valence-electron chi connectivity index (χ1n) is 6.94. The second-order valence-electron chi connectivity index (χ2n) is 5.06. The number of hydrogen-bond acceptors (Lipinski definition) is 3. The molecule has 0 saturated carbocycles. The SMILES string of the molecule is Cc1cccc(O)c1CCC(=O)N1CCCNCC1. The normalized spacial score (nSPS) is 16.2. The van der Waals surface area contributed by atoms with E-state index in [1.165, 1.54) is 0 Å². The zero-order valence-corrected chi connectivity index (χ0v) is 11.5. The number of phenolic OH excluding ortho intramolecular Hbond substituents is 1. The lowest BCUT2D eigenvalue weighted by molar-refractivity contribution is -0.130. The Labute approximate surface area is 114 Å². The van der Waals surface area contributed by atoms with Crippen molar-refractivity contribution in [1.82, 2.24) is 10.2 Å². The van der Waals surface area contributed by atoms with Crippen LogP contribution in [0, 0.1) is 6.92 Å². The maximum Gasteiger partial charge on any atom is 0.222 e. The van der Waals surface area contributed by atoms with Gasteiger partial charge in [-0.3, -0.25) is 4.79 Å². The summed E-state index contributed by atoms with van der Waals surface area (Å²) in [7, 11) is 0. The molecule has 2 N–H and O–H groups in total. The molecule has 1 aliphatic rings. The van der Waals surface area contributed by atoms with Crippen molar-refractivity contribution < 1.29 is 9.90 Å². The maximum absolute atomic E-state index is 12.2. The minimum atomic E-state index is 0.186. The number of hydrogen-bond donors (Lipinski definition) is 2. The van der Waals surface area contributed by atoms with E-state index in [0.717, 1.165) is 43.7 Å². The summed E-state index contributed by atoms with van der Waals surface area (Å²) < 4.78 is 0. The molecule has 1 aromatic carbocycles. The van der Waals surface area contributed by atoms with E-state index < -0.39 is 0 Å². The molecular formula is C15H22N2O2. The molecule has 1 saturated heterocycles. The molecule has 1 aromatic rings. The summed E-state index contributed by atoms with van der Waals surface area (Å²) in [6, 6.07) is 5.48. The number of aryl methyl sites for hydroxylation is 1. The molecule has 4 nitrogen and oxygen atoms in total. The van der Waals surface area contributed by atoms with E-state index in [1.807, 2.05) is 24.0 Å². The Hall–Kier alpha value is -1.55. The number of carbonyl (C=O) groups excluding carboxylic acids is 1. The van der Waals surface area contributed by atoms with Gasteiger partial charge in [0.15, 0.2) is 0 Å². The van der Waals surface area contributed by atoms with Crippen LogP contribution in [0.1, 0.15) is 24.0 Å². The highest BCUT2D eigenvalue weighted by Gasteiger charge is 2.16. The molecule has 0 aromatic heterocycles. The van der Waals surface area contributed by atoms with Crippen LogP contribution >= 0.6 is 0 Å². The third-order valence-electron chi connectivity index (χ3n) is 3.67. The number of carbonyl (C=O) groups is 1. The van der Waals surface area contributed by atoms with Gasteiger partial charge >= 0.3 is 0 Å². The highest BCUT2D eigenvalue weighted by molar-refractivity contribution is 5.76. The molecule has 0 atom stereocenters. The summed E-state index contributed by atoms with van der Waals surface area (Å²) in [6.07, 6.45) is 2.10. The average molecular weight is 262 g/mol. The molecule has 19 heavy (non-hydrogen) atoms. The van der Waals surface area contributed by atoms with E-state index in [1.54, 1.807) is 6.07 Å². The molecule has 1 fully saturated rings. The van der Waals surface area contributed by atoms with Gasteiger partial charge in [-0.05, 0) is 43.5 Å². The van der Waals surface area contributed by atoms with E-state index >= 15 is 0 Å². The number of nitrogens with zero attached hydrogens (tertiary/aromatic N) is 1. The van der Waals surface area contributed by atoms with Crippen LogP contribution < -0.4 is 5.32 Å². The third-order valence-corrected chi connectivity index (χ3v) is 3.67. The molecular weight excluding hydrogens is 240 g/mol. The fourth-order valence-electron chi connectivity index (χ4n) is 2.50. The van der Waals surface area contributed by atoms with Gasteiger partial charge in [0.25, 0.3) is 0 Å². The molecule has 0 bridgehead atoms. The number of nitrogens with one attached hydrogen (secondary N) is 1. The van der Waals surface area contributed by atoms with Crippen LogP contribution in [0.5, 0.6) is 5.75 Å². The van der Waals surface area contributed by atoms with Crippen molar-refractivity contribution in [1.29, 1.82) is 0 Å². The molecule has 2 rings (SSSR count). The topological polar surface area (TPSA) is 52.6 Å². The van der Waals surface area contributed by atoms with E-state index in [0.29, 0.717) is 18.6 Å². The number of benzene rings is 1. The number of rotatable bonds is 3. The van der Waals surface area contributed by atoms with Crippen LogP contribution in [0.15, 0.2) is 18.2 Å². The molecule has 104 valence electrons. The molecule has 1 aliphatic heterocycles. The molecule has 1 heterocycles. The van der Waals surface area contributed by atoms with Gasteiger partial charge in [-0.15, -0.1) is 0 Å². The largest absolute Gasteiger partial charge is 0.508 e. The Morgan fingerprint density at radius 3 is 3.00 bits per heavy atom. The smallest absolute Gasteiger partial charge is 0.222 e. The quantitative estimate of drug-likeness (QED) is 0.867. The zero-order valence-electron chi connectivity index (χ0n) is 11.5. The van der Waals surface area contributed by atoms with Gasteiger partial charge in [-0.2, -0.15) is 0 Å². The summed E-state index contributed by atoms with van der Waals surface area (Å²) >= 11 is 0. The van der Waals surface area contributed by atoms with Crippen molar-refractivity contribution in [2.24, 2.45) is 0 Å². The molecule has 0 radical (unpaired) electrons. The minimum absolute atomic E-state index is 0.186. The first-order valence-corrected chi connectivity index (χ1v) is 6.94. The fourth-order valence-corrected chi connectivity index (χ4v) is 2.50. The lowest BCUT2D eigenvalue weighted by Gasteiger charge is -2.20. The highest BCUT2D eigenvalue weighted by atomic mass is 16.3. The molecule has 1 amide bonds. The average Bonchev–Trinajstić information content (AvgIpc) is 2.66. The number of phenols is 1. The van der Waals surface area contributed by atoms with Gasteiger partial charge in [-0.25, -0.2) is 0 Å². The maximum atomic E-state index is 12.2. The number of aromatic hydroxyl groups is 1. The van der Waals surface area contributed by atoms with Crippen LogP contribution in [0.4, 0.5) is 0 Å². The summed E-state index contributed by atoms with van der Waals surface area (Å²) in [5.74, 6) is 0.483. The Balaban J connectivity index is 1.92. The van der Waals surface area contributed by atoms with E-state index in [2.05, 4.69) is 5.32 Å². The fraction of sp³-hybridized carbons (Fsp3) is 0.533. The lowest BCUT2D eigenvalue weighted by atomic mass is 10.0. The Morgan fingerprint density at radius 1 is 1.37 bits per heavy atom. The second-order valence-corrected chi connectivity index (χ2v) is 5.06.